The van der Waals surface area contributed by atoms with E-state index in [1.54, 1.807) is 6.20 Å². The molecule has 0 radical (unpaired) electrons. The van der Waals surface area contributed by atoms with Crippen LogP contribution in [-0.4, -0.2) is 25.1 Å². The second-order valence-electron chi connectivity index (χ2n) is 18.3. The number of hydrogen-bond donors (Lipinski definition) is 0. The zero-order valence-corrected chi connectivity index (χ0v) is 37.4. The summed E-state index contributed by atoms with van der Waals surface area (Å²) >= 11 is 0. The number of fused-ring (bicyclic) bond motifs is 3. The first-order valence-electron chi connectivity index (χ1n) is 23.6. The molecule has 2 aromatic heterocycles. The molecule has 322 valence electrons. The second kappa shape index (κ2) is 15.6. The average Bonchev–Trinajstić information content (AvgIpc) is 3.75. The summed E-state index contributed by atoms with van der Waals surface area (Å²) in [4.78, 5) is 15.8. The van der Waals surface area contributed by atoms with Gasteiger partial charge in [0.1, 0.15) is 0 Å². The smallest absolute Gasteiger partial charge is 0.164 e. The van der Waals surface area contributed by atoms with Crippen molar-refractivity contribution < 1.29 is 0 Å². The van der Waals surface area contributed by atoms with Gasteiger partial charge in [-0.25, -0.2) is 15.0 Å². The molecule has 0 N–H and O–H groups in total. The number of benzene rings is 9. The van der Waals surface area contributed by atoms with E-state index < -0.39 is 5.41 Å². The quantitative estimate of drug-likeness (QED) is 0.160. The minimum absolute atomic E-state index is 0.150. The first kappa shape index (κ1) is 39.3. The Morgan fingerprint density at radius 3 is 1.41 bits per heavy atom. The summed E-state index contributed by atoms with van der Waals surface area (Å²) in [5, 5.41) is 8.18. The number of nitrogens with zero attached hydrogens (tertiary/aromatic N) is 5. The van der Waals surface area contributed by atoms with Gasteiger partial charge >= 0.3 is 0 Å². The number of hydrogen-bond acceptors (Lipinski definition) is 5. The molecule has 0 saturated heterocycles. The Hall–Kier alpha value is -8.93. The van der Waals surface area contributed by atoms with Crippen LogP contribution in [0.15, 0.2) is 237 Å². The number of aromatic nitrogens is 5. The fraction of sp³-hybridized carbons (Fsp3) is 0.0469. The van der Waals surface area contributed by atoms with Crippen molar-refractivity contribution in [3.05, 3.63) is 292 Å². The Balaban J connectivity index is 0.877. The molecule has 0 aliphatic heterocycles. The van der Waals surface area contributed by atoms with Crippen LogP contribution in [0.2, 0.25) is 0 Å². The standard InChI is InChI=1S/C64H41N5/c1-4-15-41(16-5-1)61-67-62(69-63(68-61)53-24-14-26-57-60(53)52-23-12-13-25-56(52)64(57,46-17-6-2-7-18-46)47-19-8-3-9-20-47)42-29-27-40(28-30-42)43-31-33-50-54(37-43)58-48-21-10-11-22-49(48)59(50)55-38-44(32-34-51(55)58)45-35-36-65-66-39-45/h1-39,58-59H. The highest BCUT2D eigenvalue weighted by molar-refractivity contribution is 5.94. The van der Waals surface area contributed by atoms with Crippen molar-refractivity contribution in [2.24, 2.45) is 0 Å². The van der Waals surface area contributed by atoms with Gasteiger partial charge in [-0.1, -0.05) is 206 Å². The highest BCUT2D eigenvalue weighted by atomic mass is 15.1. The molecule has 4 aliphatic rings. The second-order valence-corrected chi connectivity index (χ2v) is 18.3. The molecule has 11 aromatic rings. The van der Waals surface area contributed by atoms with Gasteiger partial charge in [0.15, 0.2) is 17.5 Å². The van der Waals surface area contributed by atoms with E-state index in [0.717, 1.165) is 33.4 Å². The normalized spacial score (nSPS) is 15.4. The molecule has 2 atom stereocenters. The molecule has 4 aliphatic carbocycles. The van der Waals surface area contributed by atoms with Crippen LogP contribution in [0.3, 0.4) is 0 Å². The third-order valence-corrected chi connectivity index (χ3v) is 14.8. The summed E-state index contributed by atoms with van der Waals surface area (Å²) in [5.74, 6) is 2.21. The Kier molecular flexibility index (Phi) is 8.86. The lowest BCUT2D eigenvalue weighted by Crippen LogP contribution is -2.28. The Bertz CT molecular complexity index is 3740. The molecule has 0 saturated carbocycles. The van der Waals surface area contributed by atoms with Crippen molar-refractivity contribution in [1.29, 1.82) is 0 Å². The van der Waals surface area contributed by atoms with E-state index in [-0.39, 0.29) is 11.8 Å². The summed E-state index contributed by atoms with van der Waals surface area (Å²) in [6.07, 6.45) is 3.61. The van der Waals surface area contributed by atoms with Crippen LogP contribution in [0.5, 0.6) is 0 Å². The Labute approximate surface area is 400 Å². The minimum atomic E-state index is -0.538. The van der Waals surface area contributed by atoms with Gasteiger partial charge < -0.3 is 0 Å². The monoisotopic (exact) mass is 879 g/mol. The molecule has 2 bridgehead atoms. The van der Waals surface area contributed by atoms with E-state index in [9.17, 15) is 0 Å². The SMILES string of the molecule is c1ccc(-c2nc(-c3ccc(-c4ccc5c(c4)C4c6ccccc6C5c5cc(-c6ccnnc6)ccc54)cc3)nc(-c3cccc4c3-c3ccccc3C4(c3ccccc3)c3ccccc3)n2)cc1. The maximum absolute atomic E-state index is 5.37. The molecule has 15 rings (SSSR count). The molecule has 0 fully saturated rings. The van der Waals surface area contributed by atoms with Crippen LogP contribution < -0.4 is 0 Å². The molecule has 69 heavy (non-hydrogen) atoms. The van der Waals surface area contributed by atoms with Gasteiger partial charge in [-0.3, -0.25) is 0 Å². The Morgan fingerprint density at radius 1 is 0.304 bits per heavy atom. The van der Waals surface area contributed by atoms with E-state index in [1.807, 2.05) is 30.5 Å². The fourth-order valence-electron chi connectivity index (χ4n) is 11.9. The van der Waals surface area contributed by atoms with Crippen molar-refractivity contribution in [2.45, 2.75) is 17.3 Å². The molecule has 5 heteroatoms. The zero-order chi connectivity index (χ0) is 45.5. The summed E-state index contributed by atoms with van der Waals surface area (Å²) in [7, 11) is 0. The minimum Gasteiger partial charge on any atom is -0.208 e. The summed E-state index contributed by atoms with van der Waals surface area (Å²) in [5.41, 5.74) is 22.4. The molecule has 0 spiro atoms. The molecule has 5 nitrogen and oxygen atoms in total. The maximum Gasteiger partial charge on any atom is 0.164 e. The predicted octanol–water partition coefficient (Wildman–Crippen LogP) is 14.3. The van der Waals surface area contributed by atoms with Crippen LogP contribution in [0, 0.1) is 0 Å². The van der Waals surface area contributed by atoms with Gasteiger partial charge in [0.2, 0.25) is 0 Å². The Morgan fingerprint density at radius 2 is 0.783 bits per heavy atom. The first-order chi connectivity index (χ1) is 34.2. The zero-order valence-electron chi connectivity index (χ0n) is 37.4. The molecular formula is C64H41N5. The highest BCUT2D eigenvalue weighted by Gasteiger charge is 2.47. The lowest BCUT2D eigenvalue weighted by Gasteiger charge is -2.42. The van der Waals surface area contributed by atoms with Crippen LogP contribution in [0.1, 0.15) is 67.5 Å². The third-order valence-electron chi connectivity index (χ3n) is 14.8. The molecule has 2 heterocycles. The van der Waals surface area contributed by atoms with Gasteiger partial charge in [0.25, 0.3) is 0 Å². The molecule has 2 unspecified atom stereocenters. The number of rotatable bonds is 7. The van der Waals surface area contributed by atoms with Crippen LogP contribution >= 0.6 is 0 Å². The van der Waals surface area contributed by atoms with Crippen molar-refractivity contribution in [2.75, 3.05) is 0 Å². The van der Waals surface area contributed by atoms with E-state index in [1.165, 1.54) is 72.3 Å². The fourth-order valence-corrected chi connectivity index (χ4v) is 11.9. The summed E-state index contributed by atoms with van der Waals surface area (Å²) in [6.45, 7) is 0. The van der Waals surface area contributed by atoms with Crippen molar-refractivity contribution in [3.63, 3.8) is 0 Å². The van der Waals surface area contributed by atoms with Crippen LogP contribution in [0.4, 0.5) is 0 Å². The molecular weight excluding hydrogens is 839 g/mol. The predicted molar refractivity (Wildman–Crippen MR) is 275 cm³/mol. The van der Waals surface area contributed by atoms with Crippen LogP contribution in [0.25, 0.3) is 67.5 Å². The van der Waals surface area contributed by atoms with Gasteiger partial charge in [0.05, 0.1) is 17.8 Å². The molecule has 9 aromatic carbocycles. The van der Waals surface area contributed by atoms with Gasteiger partial charge in [-0.2, -0.15) is 10.2 Å². The van der Waals surface area contributed by atoms with E-state index in [2.05, 4.69) is 210 Å². The summed E-state index contributed by atoms with van der Waals surface area (Å²) in [6, 6.07) is 81.3. The van der Waals surface area contributed by atoms with Crippen LogP contribution in [-0.2, 0) is 5.41 Å². The first-order valence-corrected chi connectivity index (χ1v) is 23.6. The van der Waals surface area contributed by atoms with Gasteiger partial charge in [-0.05, 0) is 102 Å². The van der Waals surface area contributed by atoms with Crippen molar-refractivity contribution >= 4 is 0 Å². The largest absolute Gasteiger partial charge is 0.208 e. The topological polar surface area (TPSA) is 64.5 Å². The maximum atomic E-state index is 5.37. The summed E-state index contributed by atoms with van der Waals surface area (Å²) < 4.78 is 0. The van der Waals surface area contributed by atoms with E-state index in [0.29, 0.717) is 17.5 Å². The van der Waals surface area contributed by atoms with E-state index >= 15 is 0 Å². The van der Waals surface area contributed by atoms with Crippen molar-refractivity contribution in [1.82, 2.24) is 25.1 Å². The lowest BCUT2D eigenvalue weighted by atomic mass is 9.60. The highest BCUT2D eigenvalue weighted by Crippen LogP contribution is 2.59. The third kappa shape index (κ3) is 6.00. The molecule has 0 amide bonds. The average molecular weight is 880 g/mol. The lowest BCUT2D eigenvalue weighted by molar-refractivity contribution is 0.755. The van der Waals surface area contributed by atoms with Crippen molar-refractivity contribution in [3.8, 4) is 67.5 Å². The van der Waals surface area contributed by atoms with Gasteiger partial charge in [-0.15, -0.1) is 0 Å². The van der Waals surface area contributed by atoms with E-state index in [4.69, 9.17) is 15.0 Å². The van der Waals surface area contributed by atoms with Gasteiger partial charge in [0, 0.05) is 34.1 Å².